The highest BCUT2D eigenvalue weighted by atomic mass is 16.5. The number of aliphatic hydroxyl groups excluding tert-OH is 1. The highest BCUT2D eigenvalue weighted by molar-refractivity contribution is 5.25. The Morgan fingerprint density at radius 1 is 1.18 bits per heavy atom. The minimum absolute atomic E-state index is 0.132. The van der Waals surface area contributed by atoms with Gasteiger partial charge in [0.2, 0.25) is 0 Å². The first-order valence-corrected chi connectivity index (χ1v) is 11.6. The lowest BCUT2D eigenvalue weighted by molar-refractivity contribution is -0.0454. The standard InChI is InChI=1S/C25H42O3/c1-18(28-16-15-24(2,3)27)22-12-13-23-20(8-6-14-25(22,23)4)11-10-19-7-5-9-21(26)17-19/h10-11,18,21-23,26-27H,5-9,12-17H2,1-4H3/b19-10-,20-11+. The van der Waals surface area contributed by atoms with Crippen LogP contribution in [0, 0.1) is 17.3 Å². The molecule has 3 nitrogen and oxygen atoms in total. The molecule has 3 saturated carbocycles. The second kappa shape index (κ2) is 9.02. The molecule has 0 aromatic heterocycles. The summed E-state index contributed by atoms with van der Waals surface area (Å²) in [5, 5.41) is 19.9. The number of ether oxygens (including phenoxy) is 1. The van der Waals surface area contributed by atoms with Crippen LogP contribution in [0.5, 0.6) is 0 Å². The average Bonchev–Trinajstić information content (AvgIpc) is 2.96. The van der Waals surface area contributed by atoms with Gasteiger partial charge in [0.1, 0.15) is 0 Å². The molecule has 3 aliphatic carbocycles. The van der Waals surface area contributed by atoms with Crippen LogP contribution in [0.1, 0.15) is 91.9 Å². The van der Waals surface area contributed by atoms with Gasteiger partial charge in [-0.15, -0.1) is 0 Å². The summed E-state index contributed by atoms with van der Waals surface area (Å²) in [5.41, 5.74) is 2.75. The minimum atomic E-state index is -0.650. The van der Waals surface area contributed by atoms with Crippen molar-refractivity contribution in [3.63, 3.8) is 0 Å². The number of aliphatic hydroxyl groups is 2. The first-order valence-electron chi connectivity index (χ1n) is 11.6. The summed E-state index contributed by atoms with van der Waals surface area (Å²) >= 11 is 0. The Labute approximate surface area is 172 Å². The van der Waals surface area contributed by atoms with Gasteiger partial charge in [-0.05, 0) is 102 Å². The average molecular weight is 391 g/mol. The van der Waals surface area contributed by atoms with Crippen LogP contribution in [0.2, 0.25) is 0 Å². The normalized spacial score (nSPS) is 38.0. The third-order valence-corrected chi connectivity index (χ3v) is 7.77. The molecule has 3 fully saturated rings. The van der Waals surface area contributed by atoms with E-state index in [1.165, 1.54) is 37.7 Å². The quantitative estimate of drug-likeness (QED) is 0.624. The first kappa shape index (κ1) is 22.1. The summed E-state index contributed by atoms with van der Waals surface area (Å²) in [7, 11) is 0. The second-order valence-electron chi connectivity index (χ2n) is 10.6. The van der Waals surface area contributed by atoms with Gasteiger partial charge in [-0.1, -0.05) is 30.2 Å². The highest BCUT2D eigenvalue weighted by Crippen LogP contribution is 2.58. The lowest BCUT2D eigenvalue weighted by Crippen LogP contribution is -2.39. The van der Waals surface area contributed by atoms with E-state index < -0.39 is 5.60 Å². The maximum Gasteiger partial charge on any atom is 0.0613 e. The zero-order chi connectivity index (χ0) is 20.4. The molecule has 0 aromatic carbocycles. The summed E-state index contributed by atoms with van der Waals surface area (Å²) in [4.78, 5) is 0. The maximum atomic E-state index is 9.94. The molecule has 2 N–H and O–H groups in total. The van der Waals surface area contributed by atoms with Gasteiger partial charge in [0.15, 0.2) is 0 Å². The van der Waals surface area contributed by atoms with Gasteiger partial charge < -0.3 is 14.9 Å². The molecule has 0 amide bonds. The molecule has 0 spiro atoms. The maximum absolute atomic E-state index is 9.94. The number of fused-ring (bicyclic) bond motifs is 1. The van der Waals surface area contributed by atoms with Gasteiger partial charge in [0, 0.05) is 6.61 Å². The van der Waals surface area contributed by atoms with Gasteiger partial charge in [0.25, 0.3) is 0 Å². The van der Waals surface area contributed by atoms with Crippen molar-refractivity contribution >= 4 is 0 Å². The Morgan fingerprint density at radius 2 is 1.96 bits per heavy atom. The summed E-state index contributed by atoms with van der Waals surface area (Å²) in [6, 6.07) is 0. The second-order valence-corrected chi connectivity index (χ2v) is 10.6. The molecule has 0 radical (unpaired) electrons. The van der Waals surface area contributed by atoms with Crippen molar-refractivity contribution in [2.75, 3.05) is 6.61 Å². The number of allylic oxidation sites excluding steroid dienone is 3. The van der Waals surface area contributed by atoms with Crippen molar-refractivity contribution in [1.82, 2.24) is 0 Å². The van der Waals surface area contributed by atoms with Crippen LogP contribution in [0.4, 0.5) is 0 Å². The van der Waals surface area contributed by atoms with Crippen LogP contribution in [0.25, 0.3) is 0 Å². The summed E-state index contributed by atoms with van der Waals surface area (Å²) in [6.07, 6.45) is 16.0. The van der Waals surface area contributed by atoms with E-state index in [0.717, 1.165) is 25.7 Å². The van der Waals surface area contributed by atoms with Crippen LogP contribution < -0.4 is 0 Å². The Hall–Kier alpha value is -0.640. The Morgan fingerprint density at radius 3 is 2.68 bits per heavy atom. The molecule has 5 unspecified atom stereocenters. The summed E-state index contributed by atoms with van der Waals surface area (Å²) in [5.74, 6) is 1.28. The first-order chi connectivity index (χ1) is 13.2. The van der Waals surface area contributed by atoms with Crippen molar-refractivity contribution in [1.29, 1.82) is 0 Å². The van der Waals surface area contributed by atoms with Gasteiger partial charge >= 0.3 is 0 Å². The largest absolute Gasteiger partial charge is 0.393 e. The van der Waals surface area contributed by atoms with Crippen LogP contribution in [0.3, 0.4) is 0 Å². The third-order valence-electron chi connectivity index (χ3n) is 7.77. The molecule has 3 aliphatic rings. The molecule has 5 atom stereocenters. The van der Waals surface area contributed by atoms with Gasteiger partial charge in [-0.3, -0.25) is 0 Å². The molecule has 0 saturated heterocycles. The van der Waals surface area contributed by atoms with Crippen LogP contribution in [-0.4, -0.2) is 34.6 Å². The molecule has 0 aromatic rings. The van der Waals surface area contributed by atoms with Crippen LogP contribution in [-0.2, 0) is 4.74 Å². The Kier molecular flexibility index (Phi) is 7.10. The highest BCUT2D eigenvalue weighted by Gasteiger charge is 2.51. The molecule has 28 heavy (non-hydrogen) atoms. The van der Waals surface area contributed by atoms with E-state index >= 15 is 0 Å². The fourth-order valence-electron chi connectivity index (χ4n) is 6.11. The van der Waals surface area contributed by atoms with E-state index in [9.17, 15) is 10.2 Å². The van der Waals surface area contributed by atoms with E-state index in [4.69, 9.17) is 4.74 Å². The molecular formula is C25H42O3. The van der Waals surface area contributed by atoms with Crippen molar-refractivity contribution in [3.8, 4) is 0 Å². The van der Waals surface area contributed by atoms with E-state index in [2.05, 4.69) is 26.0 Å². The zero-order valence-corrected chi connectivity index (χ0v) is 18.5. The van der Waals surface area contributed by atoms with Gasteiger partial charge in [-0.25, -0.2) is 0 Å². The van der Waals surface area contributed by atoms with E-state index in [1.807, 2.05) is 13.8 Å². The molecule has 0 bridgehead atoms. The lowest BCUT2D eigenvalue weighted by Gasteiger charge is -2.44. The molecular weight excluding hydrogens is 348 g/mol. The van der Waals surface area contributed by atoms with E-state index in [1.54, 1.807) is 5.57 Å². The molecule has 0 aliphatic heterocycles. The van der Waals surface area contributed by atoms with Gasteiger partial charge in [0.05, 0.1) is 17.8 Å². The predicted octanol–water partition coefficient (Wildman–Crippen LogP) is 5.56. The molecule has 3 rings (SSSR count). The zero-order valence-electron chi connectivity index (χ0n) is 18.5. The fourth-order valence-corrected chi connectivity index (χ4v) is 6.11. The molecule has 160 valence electrons. The van der Waals surface area contributed by atoms with Crippen LogP contribution in [0.15, 0.2) is 23.3 Å². The predicted molar refractivity (Wildman–Crippen MR) is 115 cm³/mol. The SMILES string of the molecule is CC(OCCC(C)(C)O)C1CCC2/C(=C/C=C3/CCCC(O)C3)CCCC21C. The summed E-state index contributed by atoms with van der Waals surface area (Å²) in [6.45, 7) is 9.08. The summed E-state index contributed by atoms with van der Waals surface area (Å²) < 4.78 is 6.20. The fraction of sp³-hybridized carbons (Fsp3) is 0.840. The van der Waals surface area contributed by atoms with Crippen molar-refractivity contribution in [2.45, 2.75) is 110 Å². The van der Waals surface area contributed by atoms with Crippen molar-refractivity contribution < 1.29 is 14.9 Å². The van der Waals surface area contributed by atoms with Crippen LogP contribution >= 0.6 is 0 Å². The van der Waals surface area contributed by atoms with Crippen molar-refractivity contribution in [3.05, 3.63) is 23.3 Å². The number of hydrogen-bond donors (Lipinski definition) is 2. The minimum Gasteiger partial charge on any atom is -0.393 e. The lowest BCUT2D eigenvalue weighted by atomic mass is 9.62. The Balaban J connectivity index is 1.65. The monoisotopic (exact) mass is 390 g/mol. The van der Waals surface area contributed by atoms with Crippen molar-refractivity contribution in [2.24, 2.45) is 17.3 Å². The topological polar surface area (TPSA) is 49.7 Å². The van der Waals surface area contributed by atoms with E-state index in [-0.39, 0.29) is 12.2 Å². The number of rotatable bonds is 6. The Bertz CT molecular complexity index is 585. The third kappa shape index (κ3) is 5.29. The van der Waals surface area contributed by atoms with E-state index in [0.29, 0.717) is 30.3 Å². The number of hydrogen-bond acceptors (Lipinski definition) is 3. The molecule has 0 heterocycles. The smallest absolute Gasteiger partial charge is 0.0613 e. The van der Waals surface area contributed by atoms with Gasteiger partial charge in [-0.2, -0.15) is 0 Å². The molecule has 3 heteroatoms.